The Balaban J connectivity index is 2.16. The van der Waals surface area contributed by atoms with E-state index in [0.29, 0.717) is 17.1 Å². The van der Waals surface area contributed by atoms with Crippen LogP contribution in [0.15, 0.2) is 24.5 Å². The van der Waals surface area contributed by atoms with E-state index in [9.17, 15) is 9.50 Å². The fourth-order valence-electron chi connectivity index (χ4n) is 1.57. The third-order valence-corrected chi connectivity index (χ3v) is 2.58. The van der Waals surface area contributed by atoms with Crippen molar-refractivity contribution in [1.29, 1.82) is 0 Å². The Kier molecular flexibility index (Phi) is 3.57. The Morgan fingerprint density at radius 3 is 2.89 bits per heavy atom. The molecule has 1 atom stereocenters. The van der Waals surface area contributed by atoms with Crippen molar-refractivity contribution in [3.8, 4) is 5.75 Å². The lowest BCUT2D eigenvalue weighted by Gasteiger charge is -2.13. The predicted octanol–water partition coefficient (Wildman–Crippen LogP) is 1.59. The predicted molar refractivity (Wildman–Crippen MR) is 62.4 cm³/mol. The van der Waals surface area contributed by atoms with E-state index in [1.165, 1.54) is 24.5 Å². The molecule has 0 bridgehead atoms. The Hall–Kier alpha value is -1.95. The average Bonchev–Trinajstić information content (AvgIpc) is 2.73. The topological polar surface area (TPSA) is 60.2 Å². The monoisotopic (exact) mass is 251 g/mol. The molecule has 0 fully saturated rings. The number of halogens is 1. The molecule has 2 rings (SSSR count). The highest BCUT2D eigenvalue weighted by Gasteiger charge is 2.11. The third-order valence-electron chi connectivity index (χ3n) is 2.58. The summed E-state index contributed by atoms with van der Waals surface area (Å²) in [6.07, 6.45) is 0.633. The smallest absolute Gasteiger partial charge is 0.164 e. The second-order valence-electron chi connectivity index (χ2n) is 3.95. The number of nitrogens with zero attached hydrogens (tertiary/aromatic N) is 3. The summed E-state index contributed by atoms with van der Waals surface area (Å²) in [6, 6.07) is 4.04. The van der Waals surface area contributed by atoms with Crippen LogP contribution < -0.4 is 4.74 Å². The fraction of sp³-hybridized carbons (Fsp3) is 0.333. The number of hydrogen-bond donors (Lipinski definition) is 1. The van der Waals surface area contributed by atoms with Crippen molar-refractivity contribution in [1.82, 2.24) is 14.8 Å². The van der Waals surface area contributed by atoms with Crippen LogP contribution in [0.2, 0.25) is 0 Å². The summed E-state index contributed by atoms with van der Waals surface area (Å²) >= 11 is 0. The van der Waals surface area contributed by atoms with Crippen LogP contribution in [0.5, 0.6) is 5.75 Å². The minimum atomic E-state index is -0.796. The van der Waals surface area contributed by atoms with Crippen molar-refractivity contribution < 1.29 is 14.2 Å². The van der Waals surface area contributed by atoms with Crippen LogP contribution in [-0.4, -0.2) is 19.9 Å². The molecule has 0 aliphatic rings. The van der Waals surface area contributed by atoms with Crippen LogP contribution >= 0.6 is 0 Å². The van der Waals surface area contributed by atoms with E-state index < -0.39 is 11.9 Å². The first kappa shape index (κ1) is 12.5. The Morgan fingerprint density at radius 2 is 2.28 bits per heavy atom. The highest BCUT2D eigenvalue weighted by Crippen LogP contribution is 2.26. The second kappa shape index (κ2) is 5.14. The molecular weight excluding hydrogens is 237 g/mol. The number of aromatic nitrogens is 3. The lowest BCUT2D eigenvalue weighted by Crippen LogP contribution is -2.06. The minimum Gasteiger partial charge on any atom is -0.485 e. The number of ether oxygens (including phenoxy) is 1. The van der Waals surface area contributed by atoms with Crippen LogP contribution in [0.3, 0.4) is 0 Å². The van der Waals surface area contributed by atoms with Gasteiger partial charge in [0.25, 0.3) is 0 Å². The van der Waals surface area contributed by atoms with Crippen molar-refractivity contribution in [2.45, 2.75) is 19.6 Å². The molecule has 1 aromatic carbocycles. The lowest BCUT2D eigenvalue weighted by molar-refractivity contribution is 0.188. The second-order valence-corrected chi connectivity index (χ2v) is 3.95. The summed E-state index contributed by atoms with van der Waals surface area (Å²) in [6.45, 7) is 1.77. The van der Waals surface area contributed by atoms with E-state index in [4.69, 9.17) is 4.74 Å². The van der Waals surface area contributed by atoms with Gasteiger partial charge in [0.05, 0.1) is 6.10 Å². The zero-order valence-electron chi connectivity index (χ0n) is 10.2. The maximum absolute atomic E-state index is 13.1. The zero-order chi connectivity index (χ0) is 13.1. The maximum atomic E-state index is 13.1. The highest BCUT2D eigenvalue weighted by atomic mass is 19.1. The largest absolute Gasteiger partial charge is 0.485 e. The number of rotatable bonds is 4. The molecule has 0 spiro atoms. The molecule has 0 aliphatic carbocycles. The standard InChI is InChI=1S/C12H14FN3O2/c1-8(17)10-5-9(13)3-4-11(10)18-6-12-14-7-15-16(12)2/h3-5,7-8,17H,6H2,1-2H3/t8-/m0/s1. The first-order chi connectivity index (χ1) is 8.58. The normalized spacial score (nSPS) is 12.4. The molecule has 0 saturated heterocycles. The molecule has 0 unspecified atom stereocenters. The third kappa shape index (κ3) is 2.65. The molecule has 1 N–H and O–H groups in total. The van der Waals surface area contributed by atoms with Crippen LogP contribution in [0.1, 0.15) is 24.4 Å². The van der Waals surface area contributed by atoms with E-state index in [1.54, 1.807) is 18.7 Å². The molecule has 0 radical (unpaired) electrons. The van der Waals surface area contributed by atoms with Crippen molar-refractivity contribution in [2.75, 3.05) is 0 Å². The molecule has 0 aliphatic heterocycles. The van der Waals surface area contributed by atoms with Crippen LogP contribution in [-0.2, 0) is 13.7 Å². The van der Waals surface area contributed by atoms with Crippen LogP contribution in [0.4, 0.5) is 4.39 Å². The summed E-state index contributed by atoms with van der Waals surface area (Å²) < 4.78 is 20.2. The van der Waals surface area contributed by atoms with Gasteiger partial charge in [-0.3, -0.25) is 4.68 Å². The van der Waals surface area contributed by atoms with Crippen LogP contribution in [0, 0.1) is 5.82 Å². The van der Waals surface area contributed by atoms with Gasteiger partial charge >= 0.3 is 0 Å². The Bertz CT molecular complexity index is 540. The first-order valence-electron chi connectivity index (χ1n) is 5.51. The summed E-state index contributed by atoms with van der Waals surface area (Å²) in [7, 11) is 1.76. The minimum absolute atomic E-state index is 0.210. The zero-order valence-corrected chi connectivity index (χ0v) is 10.2. The van der Waals surface area contributed by atoms with Gasteiger partial charge in [-0.25, -0.2) is 9.37 Å². The molecule has 0 amide bonds. The van der Waals surface area contributed by atoms with E-state index in [2.05, 4.69) is 10.1 Å². The van der Waals surface area contributed by atoms with Crippen molar-refractivity contribution >= 4 is 0 Å². The van der Waals surface area contributed by atoms with Gasteiger partial charge in [-0.1, -0.05) is 0 Å². The molecule has 96 valence electrons. The number of aryl methyl sites for hydroxylation is 1. The van der Waals surface area contributed by atoms with Crippen LogP contribution in [0.25, 0.3) is 0 Å². The SMILES string of the molecule is C[C@H](O)c1cc(F)ccc1OCc1ncnn1C. The summed E-state index contributed by atoms with van der Waals surface area (Å²) in [4.78, 5) is 4.01. The highest BCUT2D eigenvalue weighted by molar-refractivity contribution is 5.35. The van der Waals surface area contributed by atoms with Gasteiger partial charge in [-0.2, -0.15) is 5.10 Å². The molecule has 6 heteroatoms. The molecular formula is C12H14FN3O2. The van der Waals surface area contributed by atoms with Gasteiger partial charge in [0.2, 0.25) is 0 Å². The van der Waals surface area contributed by atoms with E-state index in [-0.39, 0.29) is 6.61 Å². The van der Waals surface area contributed by atoms with Gasteiger partial charge in [0.15, 0.2) is 5.82 Å². The summed E-state index contributed by atoms with van der Waals surface area (Å²) in [5.74, 6) is 0.683. The molecule has 5 nitrogen and oxygen atoms in total. The Labute approximate surface area is 104 Å². The van der Waals surface area contributed by atoms with E-state index in [1.807, 2.05) is 0 Å². The lowest BCUT2D eigenvalue weighted by atomic mass is 10.1. The Morgan fingerprint density at radius 1 is 1.50 bits per heavy atom. The maximum Gasteiger partial charge on any atom is 0.164 e. The van der Waals surface area contributed by atoms with Gasteiger partial charge in [-0.15, -0.1) is 0 Å². The molecule has 1 aromatic heterocycles. The van der Waals surface area contributed by atoms with Crippen molar-refractivity contribution in [3.05, 3.63) is 41.7 Å². The van der Waals surface area contributed by atoms with E-state index >= 15 is 0 Å². The molecule has 1 heterocycles. The van der Waals surface area contributed by atoms with Crippen molar-refractivity contribution in [3.63, 3.8) is 0 Å². The quantitative estimate of drug-likeness (QED) is 0.896. The van der Waals surface area contributed by atoms with Gasteiger partial charge in [0.1, 0.15) is 24.5 Å². The van der Waals surface area contributed by atoms with E-state index in [0.717, 1.165) is 0 Å². The number of aliphatic hydroxyl groups excluding tert-OH is 1. The molecule has 18 heavy (non-hydrogen) atoms. The first-order valence-corrected chi connectivity index (χ1v) is 5.51. The fourth-order valence-corrected chi connectivity index (χ4v) is 1.57. The summed E-state index contributed by atoms with van der Waals surface area (Å²) in [5, 5.41) is 13.5. The number of aliphatic hydroxyl groups is 1. The molecule has 2 aromatic rings. The van der Waals surface area contributed by atoms with Gasteiger partial charge in [0, 0.05) is 12.6 Å². The summed E-state index contributed by atoms with van der Waals surface area (Å²) in [5.41, 5.74) is 0.414. The average molecular weight is 251 g/mol. The van der Waals surface area contributed by atoms with Crippen molar-refractivity contribution in [2.24, 2.45) is 7.05 Å². The molecule has 0 saturated carbocycles. The number of benzene rings is 1. The van der Waals surface area contributed by atoms with Gasteiger partial charge < -0.3 is 9.84 Å². The number of hydrogen-bond acceptors (Lipinski definition) is 4. The van der Waals surface area contributed by atoms with Gasteiger partial charge in [-0.05, 0) is 25.1 Å².